The normalized spacial score (nSPS) is 23.4. The van der Waals surface area contributed by atoms with Gasteiger partial charge in [-0.2, -0.15) is 0 Å². The molecule has 0 radical (unpaired) electrons. The molecule has 2 heteroatoms. The van der Waals surface area contributed by atoms with Crippen molar-refractivity contribution in [2.45, 2.75) is 52.2 Å². The molecule has 1 aromatic rings. The van der Waals surface area contributed by atoms with Crippen LogP contribution in [-0.2, 0) is 4.74 Å². The summed E-state index contributed by atoms with van der Waals surface area (Å²) in [5.41, 5.74) is 3.91. The predicted octanol–water partition coefficient (Wildman–Crippen LogP) is 3.67. The second kappa shape index (κ2) is 4.69. The van der Waals surface area contributed by atoms with Gasteiger partial charge in [0.05, 0.1) is 5.60 Å². The average Bonchev–Trinajstić information content (AvgIpc) is 2.22. The molecule has 2 rings (SSSR count). The van der Waals surface area contributed by atoms with Gasteiger partial charge < -0.3 is 10.1 Å². The minimum absolute atomic E-state index is 0.00759. The van der Waals surface area contributed by atoms with Crippen LogP contribution in [-0.4, -0.2) is 18.2 Å². The van der Waals surface area contributed by atoms with Crippen molar-refractivity contribution in [3.05, 3.63) is 29.3 Å². The van der Waals surface area contributed by atoms with E-state index in [-0.39, 0.29) is 5.60 Å². The second-order valence-corrected chi connectivity index (χ2v) is 5.76. The number of benzene rings is 1. The van der Waals surface area contributed by atoms with Crippen molar-refractivity contribution < 1.29 is 4.74 Å². The number of rotatable bonds is 2. The Labute approximate surface area is 104 Å². The predicted molar refractivity (Wildman–Crippen MR) is 72.6 cm³/mol. The summed E-state index contributed by atoms with van der Waals surface area (Å²) in [5.74, 6) is 0. The maximum absolute atomic E-state index is 5.75. The number of nitrogens with one attached hydrogen (secondary N) is 1. The highest BCUT2D eigenvalue weighted by atomic mass is 16.5. The summed E-state index contributed by atoms with van der Waals surface area (Å²) in [6, 6.07) is 7.10. The topological polar surface area (TPSA) is 21.3 Å². The first-order valence-corrected chi connectivity index (χ1v) is 6.44. The Hall–Kier alpha value is -1.02. The van der Waals surface area contributed by atoms with Crippen LogP contribution in [0.25, 0.3) is 0 Å². The van der Waals surface area contributed by atoms with Crippen molar-refractivity contribution in [1.82, 2.24) is 0 Å². The molecule has 1 atom stereocenters. The van der Waals surface area contributed by atoms with Crippen molar-refractivity contribution in [3.8, 4) is 0 Å². The molecule has 1 fully saturated rings. The third-order valence-corrected chi connectivity index (χ3v) is 3.45. The molecule has 1 aliphatic rings. The molecule has 2 nitrogen and oxygen atoms in total. The van der Waals surface area contributed by atoms with Crippen molar-refractivity contribution in [2.24, 2.45) is 0 Å². The molecule has 1 saturated heterocycles. The average molecular weight is 233 g/mol. The van der Waals surface area contributed by atoms with Crippen LogP contribution in [0.3, 0.4) is 0 Å². The van der Waals surface area contributed by atoms with Crippen LogP contribution in [0.1, 0.15) is 37.8 Å². The number of ether oxygens (including phenoxy) is 1. The van der Waals surface area contributed by atoms with E-state index in [9.17, 15) is 0 Å². The van der Waals surface area contributed by atoms with Gasteiger partial charge in [-0.15, -0.1) is 0 Å². The zero-order chi connectivity index (χ0) is 12.5. The fraction of sp³-hybridized carbons (Fsp3) is 0.600. The largest absolute Gasteiger partial charge is 0.382 e. The zero-order valence-electron chi connectivity index (χ0n) is 11.3. The van der Waals surface area contributed by atoms with Gasteiger partial charge in [0.15, 0.2) is 0 Å². The third-order valence-electron chi connectivity index (χ3n) is 3.45. The van der Waals surface area contributed by atoms with E-state index in [4.69, 9.17) is 4.74 Å². The van der Waals surface area contributed by atoms with Gasteiger partial charge in [0.25, 0.3) is 0 Å². The molecule has 1 aromatic carbocycles. The van der Waals surface area contributed by atoms with Crippen LogP contribution < -0.4 is 5.32 Å². The summed E-state index contributed by atoms with van der Waals surface area (Å²) in [6.45, 7) is 9.49. The number of aryl methyl sites for hydroxylation is 2. The van der Waals surface area contributed by atoms with E-state index in [0.717, 1.165) is 19.4 Å². The minimum Gasteiger partial charge on any atom is -0.382 e. The van der Waals surface area contributed by atoms with Crippen LogP contribution in [0.2, 0.25) is 0 Å². The molecule has 0 aromatic heterocycles. The minimum atomic E-state index is 0.00759. The highest BCUT2D eigenvalue weighted by Crippen LogP contribution is 2.27. The lowest BCUT2D eigenvalue weighted by Crippen LogP contribution is -2.40. The SMILES string of the molecule is Cc1ccc(C)c(NC2CCOC(C)(C)C2)c1. The van der Waals surface area contributed by atoms with Gasteiger partial charge >= 0.3 is 0 Å². The molecule has 0 bridgehead atoms. The highest BCUT2D eigenvalue weighted by molar-refractivity contribution is 5.53. The molecular formula is C15H23NO. The molecule has 1 unspecified atom stereocenters. The third kappa shape index (κ3) is 3.22. The standard InChI is InChI=1S/C15H23NO/c1-11-5-6-12(2)14(9-11)16-13-7-8-17-15(3,4)10-13/h5-6,9,13,16H,7-8,10H2,1-4H3. The summed E-state index contributed by atoms with van der Waals surface area (Å²) in [7, 11) is 0. The Kier molecular flexibility index (Phi) is 3.43. The van der Waals surface area contributed by atoms with E-state index in [2.05, 4.69) is 51.2 Å². The smallest absolute Gasteiger partial charge is 0.0646 e. The Morgan fingerprint density at radius 3 is 2.76 bits per heavy atom. The summed E-state index contributed by atoms with van der Waals surface area (Å²) < 4.78 is 5.75. The van der Waals surface area contributed by atoms with Crippen molar-refractivity contribution in [1.29, 1.82) is 0 Å². The Morgan fingerprint density at radius 2 is 2.06 bits per heavy atom. The number of hydrogen-bond acceptors (Lipinski definition) is 2. The lowest BCUT2D eigenvalue weighted by Gasteiger charge is -2.36. The first kappa shape index (κ1) is 12.4. The highest BCUT2D eigenvalue weighted by Gasteiger charge is 2.28. The van der Waals surface area contributed by atoms with E-state index in [0.29, 0.717) is 6.04 Å². The lowest BCUT2D eigenvalue weighted by atomic mass is 9.93. The van der Waals surface area contributed by atoms with Gasteiger partial charge in [-0.25, -0.2) is 0 Å². The van der Waals surface area contributed by atoms with E-state index < -0.39 is 0 Å². The van der Waals surface area contributed by atoms with E-state index in [1.165, 1.54) is 16.8 Å². The molecule has 1 heterocycles. The summed E-state index contributed by atoms with van der Waals surface area (Å²) in [5, 5.41) is 3.67. The quantitative estimate of drug-likeness (QED) is 0.841. The van der Waals surface area contributed by atoms with Crippen molar-refractivity contribution in [2.75, 3.05) is 11.9 Å². The van der Waals surface area contributed by atoms with Gasteiger partial charge in [-0.05, 0) is 57.7 Å². The summed E-state index contributed by atoms with van der Waals surface area (Å²) >= 11 is 0. The maximum atomic E-state index is 5.75. The van der Waals surface area contributed by atoms with Crippen molar-refractivity contribution >= 4 is 5.69 Å². The molecule has 0 aliphatic carbocycles. The molecule has 17 heavy (non-hydrogen) atoms. The maximum Gasteiger partial charge on any atom is 0.0646 e. The van der Waals surface area contributed by atoms with Crippen LogP contribution in [0, 0.1) is 13.8 Å². The Balaban J connectivity index is 2.07. The van der Waals surface area contributed by atoms with Crippen LogP contribution in [0.4, 0.5) is 5.69 Å². The molecule has 0 spiro atoms. The first-order chi connectivity index (χ1) is 7.96. The molecule has 0 saturated carbocycles. The Bertz CT molecular complexity index is 398. The zero-order valence-corrected chi connectivity index (χ0v) is 11.3. The molecular weight excluding hydrogens is 210 g/mol. The van der Waals surface area contributed by atoms with Crippen LogP contribution in [0.5, 0.6) is 0 Å². The van der Waals surface area contributed by atoms with Gasteiger partial charge in [0.1, 0.15) is 0 Å². The number of anilines is 1. The van der Waals surface area contributed by atoms with E-state index >= 15 is 0 Å². The lowest BCUT2D eigenvalue weighted by molar-refractivity contribution is -0.0553. The van der Waals surface area contributed by atoms with Gasteiger partial charge in [0.2, 0.25) is 0 Å². The van der Waals surface area contributed by atoms with Gasteiger partial charge in [0, 0.05) is 18.3 Å². The van der Waals surface area contributed by atoms with Gasteiger partial charge in [-0.1, -0.05) is 12.1 Å². The van der Waals surface area contributed by atoms with Gasteiger partial charge in [-0.3, -0.25) is 0 Å². The number of hydrogen-bond donors (Lipinski definition) is 1. The van der Waals surface area contributed by atoms with E-state index in [1.54, 1.807) is 0 Å². The fourth-order valence-corrected chi connectivity index (χ4v) is 2.47. The van der Waals surface area contributed by atoms with Crippen molar-refractivity contribution in [3.63, 3.8) is 0 Å². The summed E-state index contributed by atoms with van der Waals surface area (Å²) in [4.78, 5) is 0. The fourth-order valence-electron chi connectivity index (χ4n) is 2.47. The monoisotopic (exact) mass is 233 g/mol. The van der Waals surface area contributed by atoms with Crippen LogP contribution >= 0.6 is 0 Å². The first-order valence-electron chi connectivity index (χ1n) is 6.44. The molecule has 1 aliphatic heterocycles. The molecule has 94 valence electrons. The van der Waals surface area contributed by atoms with Crippen LogP contribution in [0.15, 0.2) is 18.2 Å². The second-order valence-electron chi connectivity index (χ2n) is 5.76. The Morgan fingerprint density at radius 1 is 1.29 bits per heavy atom. The van der Waals surface area contributed by atoms with E-state index in [1.807, 2.05) is 0 Å². The molecule has 0 amide bonds. The molecule has 1 N–H and O–H groups in total. The summed E-state index contributed by atoms with van der Waals surface area (Å²) in [6.07, 6.45) is 2.16.